The van der Waals surface area contributed by atoms with Crippen molar-refractivity contribution in [2.45, 2.75) is 16.8 Å². The normalized spacial score (nSPS) is 15.0. The molecule has 0 heterocycles. The fourth-order valence-electron chi connectivity index (χ4n) is 1.15. The van der Waals surface area contributed by atoms with Gasteiger partial charge in [0.25, 0.3) is 5.17 Å². The Bertz CT molecular complexity index is 333. The molecule has 0 fully saturated rings. The molecule has 0 aromatic heterocycles. The zero-order chi connectivity index (χ0) is 17.7. The average Bonchev–Trinajstić information content (AvgIpc) is 2.53. The van der Waals surface area contributed by atoms with Gasteiger partial charge in [0.05, 0.1) is 5.75 Å². The lowest BCUT2D eigenvalue weighted by atomic mass is 10.4. The lowest BCUT2D eigenvalue weighted by Crippen LogP contribution is -2.37. The van der Waals surface area contributed by atoms with Gasteiger partial charge >= 0.3 is 5.12 Å². The van der Waals surface area contributed by atoms with E-state index in [1.54, 1.807) is 3.71 Å². The van der Waals surface area contributed by atoms with E-state index in [2.05, 4.69) is 6.92 Å². The van der Waals surface area contributed by atoms with Gasteiger partial charge in [0.1, 0.15) is 0 Å². The van der Waals surface area contributed by atoms with Crippen molar-refractivity contribution in [2.75, 3.05) is 23.0 Å². The van der Waals surface area contributed by atoms with E-state index in [0.717, 1.165) is 29.9 Å². The molecule has 0 bridgehead atoms. The Morgan fingerprint density at radius 1 is 1.26 bits per heavy atom. The first kappa shape index (κ1) is 24.6. The zero-order valence-corrected chi connectivity index (χ0v) is 18.0. The van der Waals surface area contributed by atoms with E-state index in [4.69, 9.17) is 37.5 Å². The Hall–Kier alpha value is 1.59. The molecule has 0 saturated heterocycles. The number of ether oxygens (including phenoxy) is 1. The summed E-state index contributed by atoms with van der Waals surface area (Å²) in [5, 5.41) is 32.4. The summed E-state index contributed by atoms with van der Waals surface area (Å²) >= 11 is 11.9. The minimum Gasteiger partial charge on any atom is -0.422 e. The van der Waals surface area contributed by atoms with Gasteiger partial charge in [-0.25, -0.2) is 3.71 Å². The molecule has 0 aliphatic heterocycles. The van der Waals surface area contributed by atoms with Crippen molar-refractivity contribution in [1.82, 2.24) is 3.71 Å². The molecule has 0 amide bonds. The van der Waals surface area contributed by atoms with Crippen LogP contribution in [0.2, 0.25) is 0 Å². The van der Waals surface area contributed by atoms with Crippen molar-refractivity contribution in [1.29, 1.82) is 0 Å². The number of hydrogen-bond donors (Lipinski definition) is 4. The van der Waals surface area contributed by atoms with E-state index in [1.165, 1.54) is 47.8 Å². The van der Waals surface area contributed by atoms with Crippen molar-refractivity contribution < 1.29 is 9.84 Å². The minimum absolute atomic E-state index is 0.0263. The van der Waals surface area contributed by atoms with Crippen LogP contribution >= 0.6 is 83.9 Å². The predicted octanol–water partition coefficient (Wildman–Crippen LogP) is 1.99. The second-order valence-corrected chi connectivity index (χ2v) is 9.51. The summed E-state index contributed by atoms with van der Waals surface area (Å²) in [5.41, 5.74) is 0. The third-order valence-electron chi connectivity index (χ3n) is 2.16. The highest BCUT2D eigenvalue weighted by Crippen LogP contribution is 2.30. The van der Waals surface area contributed by atoms with Crippen molar-refractivity contribution in [3.8, 4) is 0 Å². The fourth-order valence-corrected chi connectivity index (χ4v) is 5.61. The van der Waals surface area contributed by atoms with Crippen LogP contribution < -0.4 is 20.6 Å². The first-order valence-corrected chi connectivity index (χ1v) is 12.3. The van der Waals surface area contributed by atoms with E-state index in [9.17, 15) is 5.11 Å². The van der Waals surface area contributed by atoms with Crippen LogP contribution in [0.5, 0.6) is 0 Å². The highest BCUT2D eigenvalue weighted by atomic mass is 32.2. The molecule has 2 atom stereocenters. The number of nitrogens with two attached hydrogens (primary N) is 4. The lowest BCUT2D eigenvalue weighted by Gasteiger charge is -2.28. The molecule has 136 valence electrons. The van der Waals surface area contributed by atoms with Crippen LogP contribution in [0.25, 0.3) is 0 Å². The fraction of sp³-hybridized carbons (Fsp3) is 0.778. The summed E-state index contributed by atoms with van der Waals surface area (Å²) in [4.78, 5) is 0. The van der Waals surface area contributed by atoms with Gasteiger partial charge in [0.2, 0.25) is 0 Å². The third-order valence-corrected chi connectivity index (χ3v) is 7.60. The van der Waals surface area contributed by atoms with Crippen LogP contribution in [0.4, 0.5) is 0 Å². The number of rotatable bonds is 13. The molecule has 14 heteroatoms. The first-order chi connectivity index (χ1) is 11.0. The molecule has 8 N–H and O–H groups in total. The van der Waals surface area contributed by atoms with E-state index in [0.29, 0.717) is 17.7 Å². The molecule has 23 heavy (non-hydrogen) atoms. The molecule has 0 spiro atoms. The van der Waals surface area contributed by atoms with Gasteiger partial charge in [-0.1, -0.05) is 35.8 Å². The SMILES string of the molecule is [CH2]CSN(SCCC(CSN)SN)C(=S)OC([O])(CSN)SN. The maximum Gasteiger partial charge on any atom is 0.315 e. The van der Waals surface area contributed by atoms with Crippen LogP contribution in [-0.4, -0.2) is 42.3 Å². The molecule has 2 radical (unpaired) electrons. The average molecular weight is 456 g/mol. The topological polar surface area (TPSA) is 136 Å². The van der Waals surface area contributed by atoms with Crippen molar-refractivity contribution in [3.63, 3.8) is 0 Å². The molecule has 0 aliphatic rings. The van der Waals surface area contributed by atoms with Gasteiger partial charge in [-0.3, -0.25) is 20.6 Å². The van der Waals surface area contributed by atoms with Crippen LogP contribution in [-0.2, 0) is 9.84 Å². The molecular formula is C9H21N5O2S7. The van der Waals surface area contributed by atoms with Gasteiger partial charge < -0.3 is 4.74 Å². The van der Waals surface area contributed by atoms with E-state index in [1.807, 2.05) is 0 Å². The lowest BCUT2D eigenvalue weighted by molar-refractivity contribution is -0.0957. The van der Waals surface area contributed by atoms with Gasteiger partial charge in [-0.2, -0.15) is 5.11 Å². The zero-order valence-electron chi connectivity index (χ0n) is 12.3. The number of thiocarbonyl (C=S) groups is 1. The smallest absolute Gasteiger partial charge is 0.315 e. The molecule has 0 rings (SSSR count). The Morgan fingerprint density at radius 2 is 1.96 bits per heavy atom. The van der Waals surface area contributed by atoms with Crippen LogP contribution in [0.3, 0.4) is 0 Å². The van der Waals surface area contributed by atoms with Crippen molar-refractivity contribution >= 4 is 89.1 Å². The summed E-state index contributed by atoms with van der Waals surface area (Å²) in [6, 6.07) is 0. The molecule has 7 nitrogen and oxygen atoms in total. The minimum atomic E-state index is -1.91. The monoisotopic (exact) mass is 455 g/mol. The highest BCUT2D eigenvalue weighted by Gasteiger charge is 2.34. The Labute approximate surface area is 169 Å². The first-order valence-electron chi connectivity index (χ1n) is 6.11. The molecule has 2 unspecified atom stereocenters. The second-order valence-electron chi connectivity index (χ2n) is 3.78. The third kappa shape index (κ3) is 11.0. The van der Waals surface area contributed by atoms with Gasteiger partial charge in [-0.05, 0) is 61.4 Å². The molecular weight excluding hydrogens is 435 g/mol. The largest absolute Gasteiger partial charge is 0.422 e. The van der Waals surface area contributed by atoms with Crippen molar-refractivity contribution in [2.24, 2.45) is 20.6 Å². The second kappa shape index (κ2) is 14.7. The van der Waals surface area contributed by atoms with E-state index < -0.39 is 5.12 Å². The molecule has 0 aliphatic carbocycles. The standard InChI is InChI=1S/C9H21N5O2S7/c1-2-20-14(21-4-3-7(22-12)5-18-10)8(17)16-9(15,23-13)6-19-11/h7H,1-6,10-13H2. The summed E-state index contributed by atoms with van der Waals surface area (Å²) in [6.45, 7) is 3.77. The number of hydrogen-bond acceptors (Lipinski definition) is 12. The predicted molar refractivity (Wildman–Crippen MR) is 114 cm³/mol. The maximum atomic E-state index is 12.2. The summed E-state index contributed by atoms with van der Waals surface area (Å²) in [6.07, 6.45) is 0.847. The maximum absolute atomic E-state index is 12.2. The quantitative estimate of drug-likeness (QED) is 0.183. The molecule has 0 aromatic rings. The number of nitrogens with zero attached hydrogens (tertiary/aromatic N) is 1. The Kier molecular flexibility index (Phi) is 15.7. The van der Waals surface area contributed by atoms with Gasteiger partial charge in [0.15, 0.2) is 0 Å². The Balaban J connectivity index is 4.50. The highest BCUT2D eigenvalue weighted by molar-refractivity contribution is 8.13. The van der Waals surface area contributed by atoms with Gasteiger partial charge in [0, 0.05) is 22.5 Å². The molecule has 0 saturated carbocycles. The van der Waals surface area contributed by atoms with Crippen LogP contribution in [0.1, 0.15) is 6.42 Å². The van der Waals surface area contributed by atoms with Crippen LogP contribution in [0, 0.1) is 6.92 Å². The van der Waals surface area contributed by atoms with Crippen molar-refractivity contribution in [3.05, 3.63) is 6.92 Å². The summed E-state index contributed by atoms with van der Waals surface area (Å²) in [5.74, 6) is 2.03. The summed E-state index contributed by atoms with van der Waals surface area (Å²) in [7, 11) is 0. The van der Waals surface area contributed by atoms with Gasteiger partial charge in [-0.15, -0.1) is 0 Å². The van der Waals surface area contributed by atoms with E-state index >= 15 is 0 Å². The Morgan fingerprint density at radius 3 is 2.43 bits per heavy atom. The van der Waals surface area contributed by atoms with E-state index in [-0.39, 0.29) is 16.2 Å². The summed E-state index contributed by atoms with van der Waals surface area (Å²) < 4.78 is 6.94. The molecule has 0 aromatic carbocycles. The van der Waals surface area contributed by atoms with Crippen LogP contribution in [0.15, 0.2) is 0 Å².